The van der Waals surface area contributed by atoms with Gasteiger partial charge in [-0.25, -0.2) is 0 Å². The van der Waals surface area contributed by atoms with Crippen LogP contribution in [0.25, 0.3) is 0 Å². The first-order chi connectivity index (χ1) is 15.5. The summed E-state index contributed by atoms with van der Waals surface area (Å²) in [4.78, 5) is 1.02. The minimum Gasteiger partial charge on any atom is -0.504 e. The Morgan fingerprint density at radius 3 is 2.30 bits per heavy atom. The largest absolute Gasteiger partial charge is 0.504 e. The van der Waals surface area contributed by atoms with Gasteiger partial charge >= 0.3 is 0 Å². The minimum absolute atomic E-state index is 0.0315. The van der Waals surface area contributed by atoms with Crippen molar-refractivity contribution < 1.29 is 4.74 Å². The summed E-state index contributed by atoms with van der Waals surface area (Å²) < 4.78 is 5.54. The minimum atomic E-state index is -0.0315. The molecule has 0 aliphatic heterocycles. The van der Waals surface area contributed by atoms with Crippen molar-refractivity contribution >= 4 is 12.6 Å². The average Bonchev–Trinajstić information content (AvgIpc) is 3.03. The Labute approximate surface area is 208 Å². The van der Waals surface area contributed by atoms with Crippen molar-refractivity contribution in [3.63, 3.8) is 0 Å². The zero-order chi connectivity index (χ0) is 24.1. The summed E-state index contributed by atoms with van der Waals surface area (Å²) in [6.07, 6.45) is 20.5. The van der Waals surface area contributed by atoms with Crippen LogP contribution in [0.15, 0.2) is 48.1 Å². The molecule has 2 N–H and O–H groups in total. The van der Waals surface area contributed by atoms with Gasteiger partial charge in [-0.05, 0) is 115 Å². The Balaban J connectivity index is 1.63. The Bertz CT molecular complexity index is 846. The fourth-order valence-electron chi connectivity index (χ4n) is 9.45. The third-order valence-electron chi connectivity index (χ3n) is 11.5. The maximum absolute atomic E-state index is 7.36. The first kappa shape index (κ1) is 25.2. The monoisotopic (exact) mass is 469 g/mol. The normalized spacial score (nSPS) is 47.5. The maximum atomic E-state index is 7.36. The van der Waals surface area contributed by atoms with E-state index in [9.17, 15) is 0 Å². The van der Waals surface area contributed by atoms with E-state index in [0.717, 1.165) is 29.6 Å². The van der Waals surface area contributed by atoms with E-state index >= 15 is 0 Å². The molecule has 0 bridgehead atoms. The van der Waals surface area contributed by atoms with Gasteiger partial charge < -0.3 is 10.5 Å². The molecule has 0 radical (unpaired) electrons. The first-order valence-corrected chi connectivity index (χ1v) is 13.7. The standard InChI is InChI=1S/C30H47NOS/c1-7-8-9-23(20-32-6)24-11-15-28(4)25-13-17-30(31)19-22(18-21(2)33)10-14-29(30,5)26(25)12-16-27(24,28)3/h7-9,20,22,24-26,33H,1-2,10-19,31H2,3-6H3/b9-8-,23-20+. The summed E-state index contributed by atoms with van der Waals surface area (Å²) in [5, 5.41) is 0. The molecule has 0 amide bonds. The van der Waals surface area contributed by atoms with Crippen LogP contribution in [0.3, 0.4) is 0 Å². The average molecular weight is 470 g/mol. The van der Waals surface area contributed by atoms with Gasteiger partial charge in [0.15, 0.2) is 0 Å². The number of allylic oxidation sites excluding steroid dienone is 5. The molecule has 3 heteroatoms. The lowest BCUT2D eigenvalue weighted by Gasteiger charge is -2.68. The van der Waals surface area contributed by atoms with Crippen LogP contribution in [-0.4, -0.2) is 12.6 Å². The van der Waals surface area contributed by atoms with Crippen LogP contribution in [-0.2, 0) is 4.74 Å². The molecule has 0 aromatic rings. The van der Waals surface area contributed by atoms with Gasteiger partial charge in [0.1, 0.15) is 0 Å². The summed E-state index contributed by atoms with van der Waals surface area (Å²) in [5.41, 5.74) is 9.57. The molecule has 8 unspecified atom stereocenters. The van der Waals surface area contributed by atoms with Gasteiger partial charge in [-0.15, -0.1) is 12.6 Å². The molecule has 4 rings (SSSR count). The molecule has 0 heterocycles. The summed E-state index contributed by atoms with van der Waals surface area (Å²) in [6, 6.07) is 0. The van der Waals surface area contributed by atoms with Gasteiger partial charge in [0.05, 0.1) is 13.4 Å². The predicted octanol–water partition coefficient (Wildman–Crippen LogP) is 7.84. The molecule has 4 aliphatic carbocycles. The van der Waals surface area contributed by atoms with Gasteiger partial charge in [0.2, 0.25) is 0 Å². The number of hydrogen-bond donors (Lipinski definition) is 2. The van der Waals surface area contributed by atoms with Crippen LogP contribution < -0.4 is 5.73 Å². The molecule has 0 aromatic carbocycles. The van der Waals surface area contributed by atoms with Crippen molar-refractivity contribution in [1.29, 1.82) is 0 Å². The molecular weight excluding hydrogens is 422 g/mol. The van der Waals surface area contributed by atoms with E-state index in [1.165, 1.54) is 56.9 Å². The van der Waals surface area contributed by atoms with Crippen molar-refractivity contribution in [2.75, 3.05) is 7.11 Å². The summed E-state index contributed by atoms with van der Waals surface area (Å²) in [5.74, 6) is 2.72. The van der Waals surface area contributed by atoms with Crippen molar-refractivity contribution in [2.45, 2.75) is 90.5 Å². The molecule has 4 aliphatic rings. The van der Waals surface area contributed by atoms with Gasteiger partial charge in [0, 0.05) is 5.54 Å². The number of ether oxygens (including phenoxy) is 1. The van der Waals surface area contributed by atoms with Crippen molar-refractivity contribution in [3.8, 4) is 0 Å². The van der Waals surface area contributed by atoms with E-state index in [1.54, 1.807) is 7.11 Å². The predicted molar refractivity (Wildman–Crippen MR) is 144 cm³/mol. The lowest BCUT2D eigenvalue weighted by atomic mass is 9.38. The van der Waals surface area contributed by atoms with Gasteiger partial charge in [-0.2, -0.15) is 0 Å². The number of fused-ring (bicyclic) bond motifs is 5. The van der Waals surface area contributed by atoms with Gasteiger partial charge in [-0.3, -0.25) is 0 Å². The van der Waals surface area contributed by atoms with Crippen LogP contribution in [0.2, 0.25) is 0 Å². The molecule has 33 heavy (non-hydrogen) atoms. The van der Waals surface area contributed by atoms with E-state index in [2.05, 4.69) is 58.7 Å². The van der Waals surface area contributed by atoms with Crippen molar-refractivity contribution in [3.05, 3.63) is 48.1 Å². The fraction of sp³-hybridized carbons (Fsp3) is 0.733. The quantitative estimate of drug-likeness (QED) is 0.236. The van der Waals surface area contributed by atoms with Gasteiger partial charge in [-0.1, -0.05) is 52.2 Å². The summed E-state index contributed by atoms with van der Waals surface area (Å²) >= 11 is 4.51. The highest BCUT2D eigenvalue weighted by Crippen LogP contribution is 2.74. The summed E-state index contributed by atoms with van der Waals surface area (Å²) in [6.45, 7) is 15.7. The second-order valence-electron chi connectivity index (χ2n) is 12.6. The third kappa shape index (κ3) is 3.80. The molecule has 0 saturated heterocycles. The van der Waals surface area contributed by atoms with Crippen LogP contribution in [0, 0.1) is 39.9 Å². The maximum Gasteiger partial charge on any atom is 0.0859 e. The van der Waals surface area contributed by atoms with E-state index in [-0.39, 0.29) is 11.0 Å². The summed E-state index contributed by atoms with van der Waals surface area (Å²) in [7, 11) is 1.78. The molecular formula is C30H47NOS. The van der Waals surface area contributed by atoms with E-state index in [0.29, 0.717) is 22.7 Å². The van der Waals surface area contributed by atoms with Crippen LogP contribution >= 0.6 is 12.6 Å². The topological polar surface area (TPSA) is 35.2 Å². The number of hydrogen-bond acceptors (Lipinski definition) is 3. The Morgan fingerprint density at radius 2 is 1.64 bits per heavy atom. The molecule has 0 spiro atoms. The number of nitrogens with two attached hydrogens (primary N) is 1. The Morgan fingerprint density at radius 1 is 1.00 bits per heavy atom. The lowest BCUT2D eigenvalue weighted by molar-refractivity contribution is -0.163. The van der Waals surface area contributed by atoms with Crippen LogP contribution in [0.5, 0.6) is 0 Å². The fourth-order valence-corrected chi connectivity index (χ4v) is 9.71. The second kappa shape index (κ2) is 8.94. The van der Waals surface area contributed by atoms with E-state index < -0.39 is 0 Å². The van der Waals surface area contributed by atoms with Crippen molar-refractivity contribution in [2.24, 2.45) is 45.7 Å². The van der Waals surface area contributed by atoms with Crippen LogP contribution in [0.4, 0.5) is 0 Å². The number of methoxy groups -OCH3 is 1. The SMILES string of the molecule is C=C/C=C\C(=C/OC)C1CCC2(C)C3CCC4(N)CC(CC(=C)S)CCC4(C)C3CCC12C. The van der Waals surface area contributed by atoms with Gasteiger partial charge in [0.25, 0.3) is 0 Å². The highest BCUT2D eigenvalue weighted by atomic mass is 32.1. The lowest BCUT2D eigenvalue weighted by Crippen LogP contribution is -2.67. The zero-order valence-electron chi connectivity index (χ0n) is 21.5. The highest BCUT2D eigenvalue weighted by molar-refractivity contribution is 7.84. The molecule has 8 atom stereocenters. The number of thiol groups is 1. The second-order valence-corrected chi connectivity index (χ2v) is 13.3. The third-order valence-corrected chi connectivity index (χ3v) is 11.7. The smallest absolute Gasteiger partial charge is 0.0859 e. The molecule has 4 saturated carbocycles. The molecule has 4 fully saturated rings. The Kier molecular flexibility index (Phi) is 6.82. The first-order valence-electron chi connectivity index (χ1n) is 13.2. The molecule has 184 valence electrons. The molecule has 2 nitrogen and oxygen atoms in total. The number of rotatable bonds is 6. The van der Waals surface area contributed by atoms with Crippen molar-refractivity contribution in [1.82, 2.24) is 0 Å². The Hall–Kier alpha value is -0.930. The van der Waals surface area contributed by atoms with E-state index in [4.69, 9.17) is 10.5 Å². The molecule has 0 aromatic heterocycles. The highest BCUT2D eigenvalue weighted by Gasteiger charge is 2.67. The van der Waals surface area contributed by atoms with Crippen LogP contribution in [0.1, 0.15) is 85.0 Å². The zero-order valence-corrected chi connectivity index (χ0v) is 22.4. The van der Waals surface area contributed by atoms with E-state index in [1.807, 2.05) is 12.3 Å².